The van der Waals surface area contributed by atoms with Crippen LogP contribution in [-0.2, 0) is 11.8 Å². The SMILES string of the molecule is CCOC(=O)c1sc2ncn3nc(-c4nn(C)cc4Br)nc3c2c1C. The summed E-state index contributed by atoms with van der Waals surface area (Å²) < 4.78 is 9.23. The van der Waals surface area contributed by atoms with Gasteiger partial charge < -0.3 is 4.74 Å². The minimum Gasteiger partial charge on any atom is -0.462 e. The number of hydrogen-bond acceptors (Lipinski definition) is 7. The molecule has 0 aliphatic heterocycles. The standard InChI is InChI=1S/C15H13BrN6O2S/c1-4-24-15(23)11-7(2)9-13-18-12(10-8(16)5-21(3)19-10)20-22(13)6-17-14(9)25-11/h5-6H,4H2,1-3H3. The molecule has 0 aliphatic carbocycles. The van der Waals surface area contributed by atoms with E-state index >= 15 is 0 Å². The first kappa shape index (κ1) is 16.2. The molecule has 4 aromatic heterocycles. The number of carbonyl (C=O) groups is 1. The summed E-state index contributed by atoms with van der Waals surface area (Å²) in [5.41, 5.74) is 2.09. The van der Waals surface area contributed by atoms with E-state index < -0.39 is 0 Å². The van der Waals surface area contributed by atoms with Crippen molar-refractivity contribution in [1.82, 2.24) is 29.4 Å². The molecule has 0 unspecified atom stereocenters. The summed E-state index contributed by atoms with van der Waals surface area (Å²) in [6.07, 6.45) is 3.43. The quantitative estimate of drug-likeness (QED) is 0.473. The van der Waals surface area contributed by atoms with Crippen molar-refractivity contribution in [1.29, 1.82) is 0 Å². The van der Waals surface area contributed by atoms with Crippen molar-refractivity contribution < 1.29 is 9.53 Å². The number of rotatable bonds is 3. The van der Waals surface area contributed by atoms with Crippen LogP contribution >= 0.6 is 27.3 Å². The zero-order chi connectivity index (χ0) is 17.7. The van der Waals surface area contributed by atoms with Gasteiger partial charge in [0.05, 0.1) is 16.5 Å². The van der Waals surface area contributed by atoms with Crippen LogP contribution in [0.2, 0.25) is 0 Å². The molecule has 0 saturated heterocycles. The third-order valence-electron chi connectivity index (χ3n) is 3.72. The van der Waals surface area contributed by atoms with E-state index in [1.54, 1.807) is 22.4 Å². The lowest BCUT2D eigenvalue weighted by molar-refractivity contribution is 0.0531. The third-order valence-corrected chi connectivity index (χ3v) is 5.48. The summed E-state index contributed by atoms with van der Waals surface area (Å²) >= 11 is 4.77. The Balaban J connectivity index is 1.94. The number of thiophene rings is 1. The van der Waals surface area contributed by atoms with Gasteiger partial charge in [0.1, 0.15) is 21.7 Å². The summed E-state index contributed by atoms with van der Waals surface area (Å²) in [5.74, 6) is 0.151. The van der Waals surface area contributed by atoms with Crippen molar-refractivity contribution >= 4 is 49.1 Å². The highest BCUT2D eigenvalue weighted by Crippen LogP contribution is 2.33. The van der Waals surface area contributed by atoms with E-state index in [0.717, 1.165) is 20.3 Å². The Morgan fingerprint density at radius 1 is 1.40 bits per heavy atom. The van der Waals surface area contributed by atoms with Crippen LogP contribution in [0.4, 0.5) is 0 Å². The molecule has 128 valence electrons. The van der Waals surface area contributed by atoms with E-state index in [4.69, 9.17) is 4.74 Å². The number of aromatic nitrogens is 6. The number of fused-ring (bicyclic) bond motifs is 3. The molecule has 0 amide bonds. The van der Waals surface area contributed by atoms with E-state index in [1.165, 1.54) is 11.3 Å². The lowest BCUT2D eigenvalue weighted by Crippen LogP contribution is -2.03. The van der Waals surface area contributed by atoms with Crippen LogP contribution in [0.25, 0.3) is 27.4 Å². The Kier molecular flexibility index (Phi) is 3.80. The molecule has 8 nitrogen and oxygen atoms in total. The topological polar surface area (TPSA) is 87.2 Å². The molecule has 0 aliphatic rings. The van der Waals surface area contributed by atoms with Gasteiger partial charge in [-0.15, -0.1) is 16.4 Å². The maximum atomic E-state index is 12.1. The van der Waals surface area contributed by atoms with Crippen molar-refractivity contribution in [2.24, 2.45) is 7.05 Å². The Morgan fingerprint density at radius 3 is 2.88 bits per heavy atom. The normalized spacial score (nSPS) is 11.5. The zero-order valence-corrected chi connectivity index (χ0v) is 16.1. The van der Waals surface area contributed by atoms with Gasteiger partial charge in [-0.3, -0.25) is 4.68 Å². The third kappa shape index (κ3) is 2.52. The highest BCUT2D eigenvalue weighted by Gasteiger charge is 2.22. The number of aryl methyl sites for hydroxylation is 2. The Morgan fingerprint density at radius 2 is 2.20 bits per heavy atom. The fraction of sp³-hybridized carbons (Fsp3) is 0.267. The molecule has 25 heavy (non-hydrogen) atoms. The van der Waals surface area contributed by atoms with Crippen LogP contribution in [0.1, 0.15) is 22.2 Å². The first-order valence-corrected chi connectivity index (χ1v) is 9.11. The number of carbonyl (C=O) groups excluding carboxylic acids is 1. The van der Waals surface area contributed by atoms with Gasteiger partial charge >= 0.3 is 5.97 Å². The van der Waals surface area contributed by atoms with Crippen molar-refractivity contribution in [3.05, 3.63) is 27.4 Å². The van der Waals surface area contributed by atoms with Gasteiger partial charge in [-0.1, -0.05) is 0 Å². The number of esters is 1. The van der Waals surface area contributed by atoms with Crippen molar-refractivity contribution in [3.8, 4) is 11.5 Å². The van der Waals surface area contributed by atoms with Crippen LogP contribution in [-0.4, -0.2) is 41.9 Å². The average Bonchev–Trinajstić information content (AvgIpc) is 3.22. The first-order chi connectivity index (χ1) is 12.0. The Labute approximate surface area is 154 Å². The second-order valence-electron chi connectivity index (χ2n) is 5.40. The lowest BCUT2D eigenvalue weighted by atomic mass is 10.2. The molecule has 0 spiro atoms. The molecule has 0 atom stereocenters. The van der Waals surface area contributed by atoms with Crippen molar-refractivity contribution in [2.45, 2.75) is 13.8 Å². The summed E-state index contributed by atoms with van der Waals surface area (Å²) in [7, 11) is 1.83. The zero-order valence-electron chi connectivity index (χ0n) is 13.6. The van der Waals surface area contributed by atoms with Gasteiger partial charge in [0.15, 0.2) is 5.65 Å². The lowest BCUT2D eigenvalue weighted by Gasteiger charge is -1.99. The van der Waals surface area contributed by atoms with Crippen LogP contribution in [0.5, 0.6) is 0 Å². The van der Waals surface area contributed by atoms with Crippen LogP contribution in [0.15, 0.2) is 17.0 Å². The van der Waals surface area contributed by atoms with Gasteiger partial charge in [-0.25, -0.2) is 19.3 Å². The van der Waals surface area contributed by atoms with Gasteiger partial charge in [-0.2, -0.15) is 5.10 Å². The number of nitrogens with zero attached hydrogens (tertiary/aromatic N) is 6. The summed E-state index contributed by atoms with van der Waals surface area (Å²) in [6.45, 7) is 3.99. The monoisotopic (exact) mass is 420 g/mol. The Hall–Kier alpha value is -2.33. The molecule has 10 heteroatoms. The summed E-state index contributed by atoms with van der Waals surface area (Å²) in [6, 6.07) is 0. The van der Waals surface area contributed by atoms with Gasteiger partial charge in [-0.05, 0) is 35.3 Å². The van der Waals surface area contributed by atoms with Crippen LogP contribution < -0.4 is 0 Å². The van der Waals surface area contributed by atoms with Crippen LogP contribution in [0, 0.1) is 6.92 Å². The molecular formula is C15H13BrN6O2S. The maximum Gasteiger partial charge on any atom is 0.348 e. The van der Waals surface area contributed by atoms with Gasteiger partial charge in [0.2, 0.25) is 5.82 Å². The highest BCUT2D eigenvalue weighted by molar-refractivity contribution is 9.10. The Bertz CT molecular complexity index is 1130. The summed E-state index contributed by atoms with van der Waals surface area (Å²) in [5, 5.41) is 9.65. The van der Waals surface area contributed by atoms with E-state index in [9.17, 15) is 4.79 Å². The number of hydrogen-bond donors (Lipinski definition) is 0. The molecule has 0 radical (unpaired) electrons. The largest absolute Gasteiger partial charge is 0.462 e. The molecular weight excluding hydrogens is 408 g/mol. The fourth-order valence-corrected chi connectivity index (χ4v) is 4.23. The van der Waals surface area contributed by atoms with Gasteiger partial charge in [0.25, 0.3) is 0 Å². The smallest absolute Gasteiger partial charge is 0.348 e. The van der Waals surface area contributed by atoms with Crippen LogP contribution in [0.3, 0.4) is 0 Å². The molecule has 4 heterocycles. The second kappa shape index (κ2) is 5.88. The molecule has 0 saturated carbocycles. The fourth-order valence-electron chi connectivity index (χ4n) is 2.64. The van der Waals surface area contributed by atoms with E-state index in [2.05, 4.69) is 36.1 Å². The summed E-state index contributed by atoms with van der Waals surface area (Å²) in [4.78, 5) is 22.4. The van der Waals surface area contributed by atoms with E-state index in [-0.39, 0.29) is 5.97 Å². The van der Waals surface area contributed by atoms with E-state index in [1.807, 2.05) is 20.2 Å². The maximum absolute atomic E-state index is 12.1. The predicted molar refractivity (Wildman–Crippen MR) is 96.8 cm³/mol. The molecule has 0 aromatic carbocycles. The highest BCUT2D eigenvalue weighted by atomic mass is 79.9. The minimum absolute atomic E-state index is 0.331. The van der Waals surface area contributed by atoms with E-state index in [0.29, 0.717) is 28.6 Å². The molecule has 4 aromatic rings. The average molecular weight is 421 g/mol. The number of halogens is 1. The second-order valence-corrected chi connectivity index (χ2v) is 7.26. The number of ether oxygens (including phenoxy) is 1. The van der Waals surface area contributed by atoms with Crippen molar-refractivity contribution in [2.75, 3.05) is 6.61 Å². The molecule has 0 N–H and O–H groups in total. The van der Waals surface area contributed by atoms with Crippen molar-refractivity contribution in [3.63, 3.8) is 0 Å². The minimum atomic E-state index is -0.339. The molecule has 4 rings (SSSR count). The molecule has 0 fully saturated rings. The molecule has 0 bridgehead atoms. The predicted octanol–water partition coefficient (Wildman–Crippen LogP) is 2.99. The van der Waals surface area contributed by atoms with Gasteiger partial charge in [0, 0.05) is 13.2 Å². The first-order valence-electron chi connectivity index (χ1n) is 7.50.